The number of hydrogen-bond acceptors (Lipinski definition) is 8. The van der Waals surface area contributed by atoms with Gasteiger partial charge in [0.05, 0.1) is 18.1 Å². The Kier molecular flexibility index (Phi) is 7.61. The van der Waals surface area contributed by atoms with Gasteiger partial charge in [0.25, 0.3) is 5.91 Å². The van der Waals surface area contributed by atoms with E-state index in [1.807, 2.05) is 4.90 Å². The number of unbranched alkanes of at least 4 members (excludes halogenated alkanes) is 2. The first-order chi connectivity index (χ1) is 14.4. The molecule has 1 amide bonds. The highest BCUT2D eigenvalue weighted by Crippen LogP contribution is 2.33. The quantitative estimate of drug-likeness (QED) is 0.343. The molecule has 10 nitrogen and oxygen atoms in total. The van der Waals surface area contributed by atoms with Gasteiger partial charge in [-0.25, -0.2) is 18.9 Å². The molecule has 2 N–H and O–H groups in total. The number of anilines is 1. The van der Waals surface area contributed by atoms with Gasteiger partial charge in [-0.2, -0.15) is 4.31 Å². The van der Waals surface area contributed by atoms with Crippen molar-refractivity contribution < 1.29 is 23.2 Å². The van der Waals surface area contributed by atoms with Gasteiger partial charge in [0, 0.05) is 52.2 Å². The van der Waals surface area contributed by atoms with E-state index in [1.54, 1.807) is 17.9 Å². The van der Waals surface area contributed by atoms with Gasteiger partial charge in [0.2, 0.25) is 10.0 Å². The van der Waals surface area contributed by atoms with E-state index in [-0.39, 0.29) is 39.1 Å². The Hall–Kier alpha value is -1.82. The molecule has 2 fully saturated rings. The number of carbonyl (C=O) groups excluding carboxylic acids is 1. The minimum atomic E-state index is -3.96. The van der Waals surface area contributed by atoms with Gasteiger partial charge in [0.15, 0.2) is 4.75 Å². The first-order valence-electron chi connectivity index (χ1n) is 10.5. The molecule has 0 radical (unpaired) electrons. The zero-order valence-corrected chi connectivity index (χ0v) is 18.2. The number of aromatic nitrogens is 2. The standard InChI is InChI=1S/C19H31N5O5S/c1-2-3-4-5-16-14-21-17(15-20-16)23-8-10-24(11-9-23)30(27,28)19(18(25)22-26)6-12-29-13-7-19/h14-15,26H,2-13H2,1H3,(H,22,25). The second kappa shape index (κ2) is 9.99. The van der Waals surface area contributed by atoms with Crippen molar-refractivity contribution in [2.24, 2.45) is 0 Å². The van der Waals surface area contributed by atoms with Gasteiger partial charge in [-0.15, -0.1) is 0 Å². The Morgan fingerprint density at radius 3 is 2.43 bits per heavy atom. The Morgan fingerprint density at radius 2 is 1.87 bits per heavy atom. The van der Waals surface area contributed by atoms with Gasteiger partial charge < -0.3 is 9.64 Å². The predicted molar refractivity (Wildman–Crippen MR) is 111 cm³/mol. The van der Waals surface area contributed by atoms with E-state index in [2.05, 4.69) is 16.9 Å². The van der Waals surface area contributed by atoms with E-state index in [1.165, 1.54) is 10.7 Å². The smallest absolute Gasteiger partial charge is 0.266 e. The van der Waals surface area contributed by atoms with Gasteiger partial charge in [-0.3, -0.25) is 15.0 Å². The third kappa shape index (κ3) is 4.58. The minimum Gasteiger partial charge on any atom is -0.381 e. The van der Waals surface area contributed by atoms with Crippen LogP contribution in [0.2, 0.25) is 0 Å². The van der Waals surface area contributed by atoms with E-state index in [0.717, 1.165) is 30.8 Å². The summed E-state index contributed by atoms with van der Waals surface area (Å²) in [6, 6.07) is 0. The fourth-order valence-electron chi connectivity index (χ4n) is 4.01. The number of hydroxylamine groups is 1. The average Bonchev–Trinajstić information content (AvgIpc) is 2.79. The van der Waals surface area contributed by atoms with E-state index in [9.17, 15) is 13.2 Å². The maximum Gasteiger partial charge on any atom is 0.266 e. The number of amides is 1. The fourth-order valence-corrected chi connectivity index (χ4v) is 6.11. The Morgan fingerprint density at radius 1 is 1.17 bits per heavy atom. The van der Waals surface area contributed by atoms with Crippen LogP contribution in [0.5, 0.6) is 0 Å². The molecule has 168 valence electrons. The molecule has 0 bridgehead atoms. The van der Waals surface area contributed by atoms with Crippen molar-refractivity contribution in [3.05, 3.63) is 18.1 Å². The van der Waals surface area contributed by atoms with Crippen LogP contribution in [0, 0.1) is 0 Å². The molecule has 0 aromatic carbocycles. The topological polar surface area (TPSA) is 125 Å². The number of piperazine rings is 1. The van der Waals surface area contributed by atoms with Crippen LogP contribution in [-0.2, 0) is 26.0 Å². The maximum atomic E-state index is 13.3. The van der Waals surface area contributed by atoms with E-state index < -0.39 is 20.7 Å². The number of ether oxygens (including phenoxy) is 1. The van der Waals surface area contributed by atoms with Crippen LogP contribution < -0.4 is 10.4 Å². The fraction of sp³-hybridized carbons (Fsp3) is 0.737. The third-order valence-electron chi connectivity index (χ3n) is 5.94. The molecule has 2 saturated heterocycles. The lowest BCUT2D eigenvalue weighted by Crippen LogP contribution is -2.62. The summed E-state index contributed by atoms with van der Waals surface area (Å²) in [4.78, 5) is 23.3. The predicted octanol–water partition coefficient (Wildman–Crippen LogP) is 0.716. The Bertz CT molecular complexity index is 803. The molecular formula is C19H31N5O5S. The summed E-state index contributed by atoms with van der Waals surface area (Å²) in [5.41, 5.74) is 2.51. The maximum absolute atomic E-state index is 13.3. The minimum absolute atomic E-state index is 0.0207. The molecule has 3 heterocycles. The van der Waals surface area contributed by atoms with Crippen molar-refractivity contribution in [3.8, 4) is 0 Å². The molecular weight excluding hydrogens is 410 g/mol. The van der Waals surface area contributed by atoms with Crippen LogP contribution in [0.4, 0.5) is 5.82 Å². The highest BCUT2D eigenvalue weighted by atomic mass is 32.2. The monoisotopic (exact) mass is 441 g/mol. The first kappa shape index (κ1) is 22.9. The van der Waals surface area contributed by atoms with Crippen molar-refractivity contribution in [2.45, 2.75) is 50.2 Å². The number of rotatable bonds is 8. The molecule has 11 heteroatoms. The molecule has 30 heavy (non-hydrogen) atoms. The van der Waals surface area contributed by atoms with Crippen LogP contribution >= 0.6 is 0 Å². The molecule has 0 unspecified atom stereocenters. The summed E-state index contributed by atoms with van der Waals surface area (Å²) >= 11 is 0. The van der Waals surface area contributed by atoms with Gasteiger partial charge in [-0.1, -0.05) is 19.8 Å². The van der Waals surface area contributed by atoms with Gasteiger partial charge in [-0.05, 0) is 12.8 Å². The molecule has 1 aromatic rings. The number of sulfonamides is 1. The second-order valence-corrected chi connectivity index (χ2v) is 10.0. The summed E-state index contributed by atoms with van der Waals surface area (Å²) in [5, 5.41) is 9.15. The van der Waals surface area contributed by atoms with Crippen molar-refractivity contribution in [1.29, 1.82) is 0 Å². The van der Waals surface area contributed by atoms with Gasteiger partial charge in [0.1, 0.15) is 5.82 Å². The number of carbonyl (C=O) groups is 1. The van der Waals surface area contributed by atoms with E-state index in [4.69, 9.17) is 9.94 Å². The SMILES string of the molecule is CCCCCc1cnc(N2CCN(S(=O)(=O)C3(C(=O)NO)CCOCC3)CC2)cn1. The summed E-state index contributed by atoms with van der Waals surface area (Å²) in [7, 11) is -3.96. The second-order valence-electron chi connectivity index (χ2n) is 7.76. The molecule has 0 saturated carbocycles. The lowest BCUT2D eigenvalue weighted by Gasteiger charge is -2.41. The highest BCUT2D eigenvalue weighted by Gasteiger charge is 2.54. The highest BCUT2D eigenvalue weighted by molar-refractivity contribution is 7.91. The van der Waals surface area contributed by atoms with E-state index >= 15 is 0 Å². The number of aryl methyl sites for hydroxylation is 1. The third-order valence-corrected chi connectivity index (χ3v) is 8.57. The van der Waals surface area contributed by atoms with Crippen LogP contribution in [-0.4, -0.2) is 77.9 Å². The number of nitrogens with zero attached hydrogens (tertiary/aromatic N) is 4. The molecule has 2 aliphatic rings. The molecule has 0 atom stereocenters. The van der Waals surface area contributed by atoms with Crippen LogP contribution in [0.3, 0.4) is 0 Å². The van der Waals surface area contributed by atoms with Crippen molar-refractivity contribution >= 4 is 21.7 Å². The summed E-state index contributed by atoms with van der Waals surface area (Å²) in [5.74, 6) is -0.169. The van der Waals surface area contributed by atoms with Crippen LogP contribution in [0.15, 0.2) is 12.4 Å². The molecule has 3 rings (SSSR count). The zero-order valence-electron chi connectivity index (χ0n) is 17.4. The van der Waals surface area contributed by atoms with Crippen LogP contribution in [0.25, 0.3) is 0 Å². The van der Waals surface area contributed by atoms with Crippen LogP contribution in [0.1, 0.15) is 44.7 Å². The number of hydrogen-bond donors (Lipinski definition) is 2. The Labute approximate surface area is 177 Å². The molecule has 0 aliphatic carbocycles. The molecule has 1 aromatic heterocycles. The lowest BCUT2D eigenvalue weighted by molar-refractivity contribution is -0.134. The van der Waals surface area contributed by atoms with Gasteiger partial charge >= 0.3 is 0 Å². The molecule has 2 aliphatic heterocycles. The Balaban J connectivity index is 1.64. The van der Waals surface area contributed by atoms with Crippen molar-refractivity contribution in [2.75, 3.05) is 44.3 Å². The zero-order chi connectivity index (χ0) is 21.6. The lowest BCUT2D eigenvalue weighted by atomic mass is 9.98. The van der Waals surface area contributed by atoms with Crippen molar-refractivity contribution in [3.63, 3.8) is 0 Å². The summed E-state index contributed by atoms with van der Waals surface area (Å²) in [6.45, 7) is 3.87. The largest absolute Gasteiger partial charge is 0.381 e. The first-order valence-corrected chi connectivity index (χ1v) is 12.0. The summed E-state index contributed by atoms with van der Waals surface area (Å²) in [6.07, 6.45) is 7.90. The van der Waals surface area contributed by atoms with Crippen molar-refractivity contribution in [1.82, 2.24) is 19.8 Å². The summed E-state index contributed by atoms with van der Waals surface area (Å²) < 4.78 is 31.6. The molecule has 0 spiro atoms. The normalized spacial score (nSPS) is 20.1. The van der Waals surface area contributed by atoms with E-state index in [0.29, 0.717) is 13.1 Å². The average molecular weight is 442 g/mol. The number of nitrogens with one attached hydrogen (secondary N) is 1.